The molecule has 4 aromatic carbocycles. The summed E-state index contributed by atoms with van der Waals surface area (Å²) in [5, 5.41) is 25.2. The molecule has 0 atom stereocenters. The largest absolute Gasteiger partial charge is 1.00 e. The molecule has 4 aromatic rings. The van der Waals surface area contributed by atoms with Crippen molar-refractivity contribution in [2.75, 3.05) is 12.4 Å². The number of ether oxygens (including phenoxy) is 1. The van der Waals surface area contributed by atoms with Gasteiger partial charge < -0.3 is 15.2 Å². The van der Waals surface area contributed by atoms with Crippen molar-refractivity contribution in [1.82, 2.24) is 0 Å². The van der Waals surface area contributed by atoms with E-state index >= 15 is 0 Å². The number of fused-ring (bicyclic) bond motifs is 1. The zero-order valence-electron chi connectivity index (χ0n) is 21.0. The summed E-state index contributed by atoms with van der Waals surface area (Å²) in [6, 6.07) is 15.5. The van der Waals surface area contributed by atoms with Crippen molar-refractivity contribution >= 4 is 67.1 Å². The van der Waals surface area contributed by atoms with Crippen LogP contribution < -0.4 is 44.7 Å². The quantitative estimate of drug-likeness (QED) is 0.189. The Balaban J connectivity index is 0.00000420. The second kappa shape index (κ2) is 12.6. The molecular formula is C26H20Cl2N3NaO6S. The van der Waals surface area contributed by atoms with Crippen molar-refractivity contribution in [3.8, 4) is 11.5 Å². The van der Waals surface area contributed by atoms with Crippen LogP contribution in [0.2, 0.25) is 10.0 Å². The minimum absolute atomic E-state index is 0. The normalized spacial score (nSPS) is 11.4. The number of benzene rings is 4. The summed E-state index contributed by atoms with van der Waals surface area (Å²) in [5.74, 6) is -1.18. The molecule has 0 saturated carbocycles. The van der Waals surface area contributed by atoms with E-state index < -0.39 is 26.7 Å². The molecule has 13 heteroatoms. The Kier molecular flexibility index (Phi) is 10.0. The molecule has 4 rings (SSSR count). The molecule has 9 nitrogen and oxygen atoms in total. The molecule has 1 amide bonds. The number of halogens is 2. The van der Waals surface area contributed by atoms with Crippen LogP contribution in [0.4, 0.5) is 17.1 Å². The SMILES string of the molecule is CCc1cc(Cl)c(S(=O)(=O)O)c(N=Nc2c([O-])c(C(=O)Nc3ccc(Cl)cc3OC)cc3ccccc23)c1.[Na+]. The Morgan fingerprint density at radius 3 is 2.46 bits per heavy atom. The summed E-state index contributed by atoms with van der Waals surface area (Å²) >= 11 is 12.1. The van der Waals surface area contributed by atoms with E-state index in [1.165, 1.54) is 37.4 Å². The summed E-state index contributed by atoms with van der Waals surface area (Å²) in [7, 11) is -3.35. The van der Waals surface area contributed by atoms with Gasteiger partial charge in [0, 0.05) is 22.0 Å². The summed E-state index contributed by atoms with van der Waals surface area (Å²) < 4.78 is 38.9. The van der Waals surface area contributed by atoms with Crippen LogP contribution in [0.25, 0.3) is 10.8 Å². The van der Waals surface area contributed by atoms with Crippen LogP contribution in [-0.2, 0) is 16.5 Å². The Hall–Kier alpha value is -2.70. The maximum atomic E-state index is 13.5. The number of aryl methyl sites for hydroxylation is 1. The van der Waals surface area contributed by atoms with E-state index in [-0.39, 0.29) is 51.5 Å². The number of anilines is 1. The molecule has 0 fully saturated rings. The van der Waals surface area contributed by atoms with Gasteiger partial charge in [0.05, 0.1) is 23.5 Å². The van der Waals surface area contributed by atoms with Gasteiger partial charge in [0.1, 0.15) is 16.3 Å². The molecule has 0 spiro atoms. The molecule has 0 aliphatic carbocycles. The van der Waals surface area contributed by atoms with Gasteiger partial charge >= 0.3 is 29.6 Å². The van der Waals surface area contributed by atoms with Gasteiger partial charge in [0.25, 0.3) is 16.0 Å². The summed E-state index contributed by atoms with van der Waals surface area (Å²) in [5.41, 5.74) is 0.247. The van der Waals surface area contributed by atoms with Crippen LogP contribution in [0.15, 0.2) is 75.8 Å². The van der Waals surface area contributed by atoms with Gasteiger partial charge in [-0.05, 0) is 47.7 Å². The van der Waals surface area contributed by atoms with Gasteiger partial charge in [-0.2, -0.15) is 13.5 Å². The van der Waals surface area contributed by atoms with Crippen LogP contribution in [0, 0.1) is 0 Å². The monoisotopic (exact) mass is 595 g/mol. The maximum absolute atomic E-state index is 13.5. The first kappa shape index (κ1) is 30.8. The second-order valence-electron chi connectivity index (χ2n) is 8.08. The van der Waals surface area contributed by atoms with Crippen molar-refractivity contribution < 1.29 is 57.2 Å². The molecule has 0 aromatic heterocycles. The molecule has 0 radical (unpaired) electrons. The van der Waals surface area contributed by atoms with Crippen LogP contribution >= 0.6 is 23.2 Å². The number of carbonyl (C=O) groups is 1. The third-order valence-corrected chi connectivity index (χ3v) is 7.23. The topological polar surface area (TPSA) is 140 Å². The standard InChI is InChI=1S/C26H21Cl2N3O6S.Na/c1-3-14-10-19(28)25(38(34,35)36)21(11-14)30-31-23-17-7-5-4-6-15(17)12-18(24(23)32)26(33)29-20-9-8-16(27)13-22(20)37-2;/h4-13,32H,3H2,1-2H3,(H,29,33)(H,34,35,36);/q;+1/p-1. The van der Waals surface area contributed by atoms with E-state index in [1.54, 1.807) is 30.3 Å². The molecule has 0 aliphatic heterocycles. The van der Waals surface area contributed by atoms with Crippen molar-refractivity contribution in [3.63, 3.8) is 0 Å². The van der Waals surface area contributed by atoms with Crippen LogP contribution in [0.1, 0.15) is 22.8 Å². The maximum Gasteiger partial charge on any atom is 1.00 e. The average Bonchev–Trinajstić information content (AvgIpc) is 2.87. The van der Waals surface area contributed by atoms with E-state index in [4.69, 9.17) is 27.9 Å². The van der Waals surface area contributed by atoms with Gasteiger partial charge in [-0.3, -0.25) is 9.35 Å². The molecule has 0 aliphatic rings. The number of rotatable bonds is 7. The van der Waals surface area contributed by atoms with Gasteiger partial charge in [0.15, 0.2) is 0 Å². The number of methoxy groups -OCH3 is 1. The van der Waals surface area contributed by atoms with Crippen molar-refractivity contribution in [2.24, 2.45) is 10.2 Å². The number of nitrogens with zero attached hydrogens (tertiary/aromatic N) is 2. The van der Waals surface area contributed by atoms with Crippen LogP contribution in [0.3, 0.4) is 0 Å². The van der Waals surface area contributed by atoms with Crippen LogP contribution in [-0.4, -0.2) is 26.0 Å². The molecule has 2 N–H and O–H groups in total. The van der Waals surface area contributed by atoms with Crippen molar-refractivity contribution in [3.05, 3.63) is 81.8 Å². The Labute approximate surface area is 256 Å². The predicted octanol–water partition coefficient (Wildman–Crippen LogP) is 3.71. The molecule has 39 heavy (non-hydrogen) atoms. The molecule has 0 saturated heterocycles. The molecule has 0 bridgehead atoms. The van der Waals surface area contributed by atoms with E-state index in [2.05, 4.69) is 15.5 Å². The molecule has 196 valence electrons. The summed E-state index contributed by atoms with van der Waals surface area (Å²) in [4.78, 5) is 12.5. The first-order valence-electron chi connectivity index (χ1n) is 11.1. The minimum atomic E-state index is -4.76. The van der Waals surface area contributed by atoms with E-state index in [0.29, 0.717) is 39.2 Å². The van der Waals surface area contributed by atoms with Gasteiger partial charge in [-0.25, -0.2) is 0 Å². The van der Waals surface area contributed by atoms with Gasteiger partial charge in [-0.15, -0.1) is 5.11 Å². The third kappa shape index (κ3) is 6.72. The average molecular weight is 596 g/mol. The predicted molar refractivity (Wildman–Crippen MR) is 144 cm³/mol. The van der Waals surface area contributed by atoms with E-state index in [9.17, 15) is 22.9 Å². The zero-order valence-corrected chi connectivity index (χ0v) is 25.4. The summed E-state index contributed by atoms with van der Waals surface area (Å²) in [6.07, 6.45) is 0.494. The number of azo groups is 1. The first-order valence-corrected chi connectivity index (χ1v) is 13.3. The first-order chi connectivity index (χ1) is 18.0. The Morgan fingerprint density at radius 1 is 1.08 bits per heavy atom. The van der Waals surface area contributed by atoms with Gasteiger partial charge in [0.2, 0.25) is 0 Å². The van der Waals surface area contributed by atoms with E-state index in [0.717, 1.165) is 0 Å². The number of nitrogens with one attached hydrogen (secondary N) is 1. The second-order valence-corrected chi connectivity index (χ2v) is 10.3. The number of carbonyl (C=O) groups excluding carboxylic acids is 1. The number of hydrogen-bond donors (Lipinski definition) is 2. The fourth-order valence-electron chi connectivity index (χ4n) is 3.81. The Bertz CT molecular complexity index is 1710. The van der Waals surface area contributed by atoms with E-state index in [1.807, 2.05) is 6.92 Å². The summed E-state index contributed by atoms with van der Waals surface area (Å²) in [6.45, 7) is 1.82. The fraction of sp³-hybridized carbons (Fsp3) is 0.115. The van der Waals surface area contributed by atoms with Crippen molar-refractivity contribution in [1.29, 1.82) is 0 Å². The van der Waals surface area contributed by atoms with Crippen LogP contribution in [0.5, 0.6) is 11.5 Å². The molecule has 0 unspecified atom stereocenters. The number of amides is 1. The third-order valence-electron chi connectivity index (χ3n) is 5.64. The smallest absolute Gasteiger partial charge is 0.870 e. The molecule has 0 heterocycles. The van der Waals surface area contributed by atoms with Crippen molar-refractivity contribution in [2.45, 2.75) is 18.2 Å². The zero-order chi connectivity index (χ0) is 27.6. The Morgan fingerprint density at radius 2 is 1.79 bits per heavy atom. The number of hydrogen-bond acceptors (Lipinski definition) is 7. The minimum Gasteiger partial charge on any atom is -0.870 e. The fourth-order valence-corrected chi connectivity index (χ4v) is 5.17. The van der Waals surface area contributed by atoms with Gasteiger partial charge in [-0.1, -0.05) is 60.1 Å². The molecular weight excluding hydrogens is 576 g/mol.